The number of rotatable bonds is 4. The van der Waals surface area contributed by atoms with Crippen molar-refractivity contribution in [3.8, 4) is 0 Å². The lowest BCUT2D eigenvalue weighted by Crippen LogP contribution is -2.33. The van der Waals surface area contributed by atoms with Crippen LogP contribution in [0.3, 0.4) is 0 Å². The molecule has 0 bridgehead atoms. The first-order chi connectivity index (χ1) is 7.42. The molecule has 88 valence electrons. The van der Waals surface area contributed by atoms with Crippen LogP contribution in [0.4, 0.5) is 17.6 Å². The van der Waals surface area contributed by atoms with Gasteiger partial charge in [-0.05, 0) is 5.56 Å². The fraction of sp³-hybridized carbons (Fsp3) is 0.300. The molecule has 0 amide bonds. The fourth-order valence-electron chi connectivity index (χ4n) is 0.995. The third kappa shape index (κ3) is 3.52. The third-order valence-corrected chi connectivity index (χ3v) is 1.70. The molecule has 0 saturated heterocycles. The smallest absolute Gasteiger partial charge is 0.396 e. The summed E-state index contributed by atoms with van der Waals surface area (Å²) >= 11 is 0. The van der Waals surface area contributed by atoms with Crippen LogP contribution in [0.5, 0.6) is 0 Å². The summed E-state index contributed by atoms with van der Waals surface area (Å²) < 4.78 is 51.4. The molecule has 1 rings (SSSR count). The minimum atomic E-state index is -4.73. The molecule has 0 unspecified atom stereocenters. The number of esters is 1. The Morgan fingerprint density at radius 1 is 1.25 bits per heavy atom. The van der Waals surface area contributed by atoms with Crippen molar-refractivity contribution < 1.29 is 27.1 Å². The van der Waals surface area contributed by atoms with Gasteiger partial charge in [0.15, 0.2) is 0 Å². The summed E-state index contributed by atoms with van der Waals surface area (Å²) in [6, 6.07) is 7.86. The Balaban J connectivity index is 2.55. The molecule has 2 nitrogen and oxygen atoms in total. The van der Waals surface area contributed by atoms with Gasteiger partial charge in [0.05, 0.1) is 6.42 Å². The molecule has 0 aliphatic rings. The summed E-state index contributed by atoms with van der Waals surface area (Å²) in [5, 5.41) is 0. The number of halogens is 4. The number of hydrogen-bond donors (Lipinski definition) is 0. The molecule has 0 aliphatic heterocycles. The lowest BCUT2D eigenvalue weighted by molar-refractivity contribution is -0.284. The Morgan fingerprint density at radius 3 is 2.31 bits per heavy atom. The van der Waals surface area contributed by atoms with Crippen LogP contribution in [0.1, 0.15) is 5.56 Å². The number of alkyl halides is 4. The van der Waals surface area contributed by atoms with Crippen LogP contribution in [-0.4, -0.2) is 18.5 Å². The Kier molecular flexibility index (Phi) is 3.87. The van der Waals surface area contributed by atoms with Crippen LogP contribution in [0, 0.1) is 0 Å². The molecular formula is C10H8F4O2. The van der Waals surface area contributed by atoms with E-state index in [0.29, 0.717) is 5.56 Å². The first-order valence-corrected chi connectivity index (χ1v) is 4.33. The van der Waals surface area contributed by atoms with E-state index in [1.807, 2.05) is 0 Å². The normalized spacial score (nSPS) is 11.6. The van der Waals surface area contributed by atoms with Gasteiger partial charge >= 0.3 is 18.5 Å². The summed E-state index contributed by atoms with van der Waals surface area (Å²) in [4.78, 5) is 10.9. The minimum absolute atomic E-state index is 0.414. The second kappa shape index (κ2) is 4.96. The average Bonchev–Trinajstić information content (AvgIpc) is 2.17. The van der Waals surface area contributed by atoms with Crippen molar-refractivity contribution in [2.24, 2.45) is 0 Å². The van der Waals surface area contributed by atoms with Gasteiger partial charge in [-0.1, -0.05) is 30.3 Å². The first-order valence-electron chi connectivity index (χ1n) is 4.33. The maximum absolute atomic E-state index is 12.3. The van der Waals surface area contributed by atoms with Crippen LogP contribution in [0.2, 0.25) is 0 Å². The molecule has 0 N–H and O–H groups in total. The van der Waals surface area contributed by atoms with Crippen molar-refractivity contribution in [3.63, 3.8) is 0 Å². The van der Waals surface area contributed by atoms with Gasteiger partial charge in [-0.3, -0.25) is 4.79 Å². The Hall–Kier alpha value is -1.59. The van der Waals surface area contributed by atoms with Gasteiger partial charge in [-0.25, -0.2) is 0 Å². The van der Waals surface area contributed by atoms with Crippen molar-refractivity contribution in [3.05, 3.63) is 35.9 Å². The van der Waals surface area contributed by atoms with Crippen LogP contribution in [0.25, 0.3) is 0 Å². The predicted octanol–water partition coefficient (Wildman–Crippen LogP) is 2.63. The van der Waals surface area contributed by atoms with Gasteiger partial charge in [-0.2, -0.15) is 17.6 Å². The molecule has 1 aromatic rings. The third-order valence-electron chi connectivity index (χ3n) is 1.70. The topological polar surface area (TPSA) is 26.3 Å². The van der Waals surface area contributed by atoms with Gasteiger partial charge in [0.1, 0.15) is 0 Å². The highest BCUT2D eigenvalue weighted by Gasteiger charge is 2.45. The summed E-state index contributed by atoms with van der Waals surface area (Å²) in [5.41, 5.74) is 0.414. The minimum Gasteiger partial charge on any atom is -0.396 e. The Bertz CT molecular complexity index is 351. The maximum Gasteiger partial charge on any atom is 0.463 e. The van der Waals surface area contributed by atoms with Crippen LogP contribution >= 0.6 is 0 Å². The largest absolute Gasteiger partial charge is 0.463 e. The van der Waals surface area contributed by atoms with E-state index in [4.69, 9.17) is 0 Å². The summed E-state index contributed by atoms with van der Waals surface area (Å²) in [5.74, 6) is -1.39. The second-order valence-electron chi connectivity index (χ2n) is 3.00. The zero-order valence-corrected chi connectivity index (χ0v) is 8.00. The SMILES string of the molecule is O=C(Cc1ccccc1)OC(F)(F)C(F)F. The summed E-state index contributed by atoms with van der Waals surface area (Å²) in [6.07, 6.45) is -9.22. The van der Waals surface area contributed by atoms with Crippen molar-refractivity contribution in [1.29, 1.82) is 0 Å². The number of carbonyl (C=O) groups is 1. The molecule has 0 saturated carbocycles. The molecule has 0 atom stereocenters. The Labute approximate surface area is 88.8 Å². The van der Waals surface area contributed by atoms with E-state index in [1.165, 1.54) is 12.1 Å². The standard InChI is InChI=1S/C10H8F4O2/c11-9(12)10(13,14)16-8(15)6-7-4-2-1-3-5-7/h1-5,9H,6H2. The monoisotopic (exact) mass is 236 g/mol. The fourth-order valence-corrected chi connectivity index (χ4v) is 0.995. The lowest BCUT2D eigenvalue weighted by Gasteiger charge is -2.15. The number of ether oxygens (including phenoxy) is 1. The van der Waals surface area contributed by atoms with Crippen molar-refractivity contribution in [1.82, 2.24) is 0 Å². The first kappa shape index (κ1) is 12.5. The van der Waals surface area contributed by atoms with Crippen LogP contribution in [-0.2, 0) is 16.0 Å². The van der Waals surface area contributed by atoms with Gasteiger partial charge in [0.25, 0.3) is 0 Å². The molecule has 0 radical (unpaired) electrons. The van der Waals surface area contributed by atoms with Gasteiger partial charge in [-0.15, -0.1) is 0 Å². The van der Waals surface area contributed by atoms with Gasteiger partial charge < -0.3 is 4.74 Å². The van der Waals surface area contributed by atoms with Crippen molar-refractivity contribution in [2.45, 2.75) is 19.0 Å². The van der Waals surface area contributed by atoms with E-state index in [2.05, 4.69) is 4.74 Å². The number of benzene rings is 1. The molecule has 0 spiro atoms. The average molecular weight is 236 g/mol. The summed E-state index contributed by atoms with van der Waals surface area (Å²) in [7, 11) is 0. The van der Waals surface area contributed by atoms with Gasteiger partial charge in [0, 0.05) is 0 Å². The van der Waals surface area contributed by atoms with E-state index in [0.717, 1.165) is 0 Å². The van der Waals surface area contributed by atoms with E-state index < -0.39 is 24.9 Å². The van der Waals surface area contributed by atoms with Gasteiger partial charge in [0.2, 0.25) is 0 Å². The van der Waals surface area contributed by atoms with Crippen molar-refractivity contribution in [2.75, 3.05) is 0 Å². The molecule has 0 aliphatic carbocycles. The molecular weight excluding hydrogens is 228 g/mol. The predicted molar refractivity (Wildman–Crippen MR) is 47.2 cm³/mol. The van der Waals surface area contributed by atoms with E-state index in [1.54, 1.807) is 18.2 Å². The van der Waals surface area contributed by atoms with Crippen molar-refractivity contribution >= 4 is 5.97 Å². The molecule has 0 aromatic heterocycles. The Morgan fingerprint density at radius 2 is 1.81 bits per heavy atom. The molecule has 16 heavy (non-hydrogen) atoms. The number of carbonyl (C=O) groups excluding carboxylic acids is 1. The highest BCUT2D eigenvalue weighted by molar-refractivity contribution is 5.72. The zero-order chi connectivity index (χ0) is 12.2. The highest BCUT2D eigenvalue weighted by Crippen LogP contribution is 2.24. The molecule has 0 fully saturated rings. The van der Waals surface area contributed by atoms with E-state index in [9.17, 15) is 22.4 Å². The van der Waals surface area contributed by atoms with E-state index >= 15 is 0 Å². The van der Waals surface area contributed by atoms with Crippen LogP contribution < -0.4 is 0 Å². The molecule has 0 heterocycles. The highest BCUT2D eigenvalue weighted by atomic mass is 19.3. The molecule has 6 heteroatoms. The quantitative estimate of drug-likeness (QED) is 0.593. The maximum atomic E-state index is 12.3. The number of hydrogen-bond acceptors (Lipinski definition) is 2. The second-order valence-corrected chi connectivity index (χ2v) is 3.00. The lowest BCUT2D eigenvalue weighted by atomic mass is 10.2. The van der Waals surface area contributed by atoms with Crippen LogP contribution in [0.15, 0.2) is 30.3 Å². The molecule has 1 aromatic carbocycles. The van der Waals surface area contributed by atoms with E-state index in [-0.39, 0.29) is 0 Å². The zero-order valence-electron chi connectivity index (χ0n) is 8.00. The summed E-state index contributed by atoms with van der Waals surface area (Å²) in [6.45, 7) is 0.